The molecule has 0 unspecified atom stereocenters. The van der Waals surface area contributed by atoms with Crippen LogP contribution in [-0.4, -0.2) is 46.3 Å². The van der Waals surface area contributed by atoms with Crippen molar-refractivity contribution in [1.29, 1.82) is 0 Å². The number of carbonyl (C=O) groups is 2. The topological polar surface area (TPSA) is 149 Å². The highest BCUT2D eigenvalue weighted by molar-refractivity contribution is 5.99. The summed E-state index contributed by atoms with van der Waals surface area (Å²) >= 11 is 0. The molecule has 1 aromatic carbocycles. The lowest BCUT2D eigenvalue weighted by atomic mass is 9.88. The number of hydrazone groups is 1. The standard InChI is InChI=1S/C22H29N7O3/c1-14-26-19(21(23)28-29(24)13-15-6-8-17(30)9-7-15)11-20(27-14)22(31)25-12-16-4-3-5-18(10-16)32-2/h3-5,10-11,15H,6-9,12-13,24H2,1-2H3,(H2,23,28)(H,25,31). The van der Waals surface area contributed by atoms with Crippen LogP contribution in [0.4, 0.5) is 0 Å². The van der Waals surface area contributed by atoms with E-state index in [2.05, 4.69) is 20.4 Å². The minimum Gasteiger partial charge on any atom is -0.497 e. The van der Waals surface area contributed by atoms with Gasteiger partial charge in [-0.15, -0.1) is 5.10 Å². The summed E-state index contributed by atoms with van der Waals surface area (Å²) in [6.07, 6.45) is 2.76. The Labute approximate surface area is 187 Å². The maximum absolute atomic E-state index is 12.6. The molecule has 1 fully saturated rings. The Kier molecular flexibility index (Phi) is 7.72. The van der Waals surface area contributed by atoms with Gasteiger partial charge in [-0.2, -0.15) is 0 Å². The first-order valence-electron chi connectivity index (χ1n) is 10.5. The number of Topliss-reactive ketones (excluding diaryl/α,β-unsaturated/α-hetero) is 1. The minimum atomic E-state index is -0.358. The fourth-order valence-corrected chi connectivity index (χ4v) is 3.55. The highest BCUT2D eigenvalue weighted by Crippen LogP contribution is 2.21. The molecule has 3 rings (SSSR count). The highest BCUT2D eigenvalue weighted by atomic mass is 16.5. The van der Waals surface area contributed by atoms with E-state index < -0.39 is 0 Å². The zero-order chi connectivity index (χ0) is 23.1. The number of hydrogen-bond acceptors (Lipinski definition) is 8. The van der Waals surface area contributed by atoms with Crippen molar-refractivity contribution < 1.29 is 14.3 Å². The molecule has 1 aromatic heterocycles. The van der Waals surface area contributed by atoms with Gasteiger partial charge >= 0.3 is 0 Å². The molecular weight excluding hydrogens is 410 g/mol. The first-order chi connectivity index (χ1) is 15.3. The van der Waals surface area contributed by atoms with Crippen molar-refractivity contribution >= 4 is 17.5 Å². The number of amides is 1. The molecule has 2 aromatic rings. The third kappa shape index (κ3) is 6.48. The third-order valence-corrected chi connectivity index (χ3v) is 5.26. The predicted octanol–water partition coefficient (Wildman–Crippen LogP) is 1.28. The number of methoxy groups -OCH3 is 1. The lowest BCUT2D eigenvalue weighted by molar-refractivity contribution is -0.121. The van der Waals surface area contributed by atoms with Gasteiger partial charge in [0.05, 0.1) is 13.7 Å². The van der Waals surface area contributed by atoms with Crippen molar-refractivity contribution in [2.24, 2.45) is 22.6 Å². The molecule has 5 N–H and O–H groups in total. The zero-order valence-electron chi connectivity index (χ0n) is 18.4. The Morgan fingerprint density at radius 3 is 2.69 bits per heavy atom. The molecule has 0 radical (unpaired) electrons. The number of ether oxygens (including phenoxy) is 1. The highest BCUT2D eigenvalue weighted by Gasteiger charge is 2.20. The monoisotopic (exact) mass is 439 g/mol. The average molecular weight is 440 g/mol. The fraction of sp³-hybridized carbons (Fsp3) is 0.409. The molecule has 0 saturated heterocycles. The van der Waals surface area contributed by atoms with E-state index in [1.165, 1.54) is 11.2 Å². The summed E-state index contributed by atoms with van der Waals surface area (Å²) in [4.78, 5) is 32.5. The molecule has 0 bridgehead atoms. The van der Waals surface area contributed by atoms with Gasteiger partial charge in [-0.05, 0) is 49.4 Å². The predicted molar refractivity (Wildman–Crippen MR) is 120 cm³/mol. The van der Waals surface area contributed by atoms with Crippen LogP contribution in [0.3, 0.4) is 0 Å². The number of aryl methyl sites for hydroxylation is 1. The van der Waals surface area contributed by atoms with E-state index in [0.717, 1.165) is 18.4 Å². The lowest BCUT2D eigenvalue weighted by Gasteiger charge is -2.24. The van der Waals surface area contributed by atoms with Crippen molar-refractivity contribution in [1.82, 2.24) is 20.4 Å². The van der Waals surface area contributed by atoms with Crippen LogP contribution in [0.15, 0.2) is 35.4 Å². The van der Waals surface area contributed by atoms with Crippen LogP contribution in [-0.2, 0) is 11.3 Å². The number of hydrazine groups is 1. The number of rotatable bonds is 8. The Morgan fingerprint density at radius 2 is 1.97 bits per heavy atom. The number of carbonyl (C=O) groups excluding carboxylic acids is 2. The molecule has 0 aliphatic heterocycles. The van der Waals surface area contributed by atoms with Crippen LogP contribution in [0.25, 0.3) is 0 Å². The second kappa shape index (κ2) is 10.7. The van der Waals surface area contributed by atoms with Gasteiger partial charge in [0.25, 0.3) is 5.91 Å². The zero-order valence-corrected chi connectivity index (χ0v) is 18.4. The van der Waals surface area contributed by atoms with Gasteiger partial charge in [0, 0.05) is 19.4 Å². The first kappa shape index (κ1) is 23.1. The van der Waals surface area contributed by atoms with Gasteiger partial charge < -0.3 is 15.8 Å². The van der Waals surface area contributed by atoms with Crippen molar-refractivity contribution in [3.05, 3.63) is 53.1 Å². The molecule has 170 valence electrons. The first-order valence-corrected chi connectivity index (χ1v) is 10.5. The number of nitrogens with two attached hydrogens (primary N) is 2. The fourth-order valence-electron chi connectivity index (χ4n) is 3.55. The number of amidine groups is 1. The van der Waals surface area contributed by atoms with E-state index in [9.17, 15) is 9.59 Å². The van der Waals surface area contributed by atoms with E-state index in [-0.39, 0.29) is 17.4 Å². The molecule has 10 heteroatoms. The molecule has 32 heavy (non-hydrogen) atoms. The Balaban J connectivity index is 1.64. The second-order valence-electron chi connectivity index (χ2n) is 7.81. The van der Waals surface area contributed by atoms with E-state index in [4.69, 9.17) is 16.3 Å². The van der Waals surface area contributed by atoms with Gasteiger partial charge in [-0.25, -0.2) is 20.9 Å². The van der Waals surface area contributed by atoms with E-state index in [1.54, 1.807) is 14.0 Å². The molecule has 10 nitrogen and oxygen atoms in total. The smallest absolute Gasteiger partial charge is 0.270 e. The summed E-state index contributed by atoms with van der Waals surface area (Å²) in [6, 6.07) is 8.91. The second-order valence-corrected chi connectivity index (χ2v) is 7.81. The quantitative estimate of drug-likeness (QED) is 0.241. The van der Waals surface area contributed by atoms with Crippen LogP contribution in [0.2, 0.25) is 0 Å². The number of benzene rings is 1. The van der Waals surface area contributed by atoms with Gasteiger partial charge in [-0.3, -0.25) is 9.59 Å². The van der Waals surface area contributed by atoms with Crippen molar-refractivity contribution in [3.63, 3.8) is 0 Å². The lowest BCUT2D eigenvalue weighted by Crippen LogP contribution is -2.35. The molecule has 1 heterocycles. The van der Waals surface area contributed by atoms with Crippen LogP contribution in [0.5, 0.6) is 5.75 Å². The molecular formula is C22H29N7O3. The van der Waals surface area contributed by atoms with Crippen LogP contribution < -0.4 is 21.6 Å². The Morgan fingerprint density at radius 1 is 1.25 bits per heavy atom. The molecule has 1 amide bonds. The van der Waals surface area contributed by atoms with E-state index >= 15 is 0 Å². The molecule has 1 aliphatic carbocycles. The largest absolute Gasteiger partial charge is 0.497 e. The van der Waals surface area contributed by atoms with Gasteiger partial charge in [-0.1, -0.05) is 12.1 Å². The van der Waals surface area contributed by atoms with Crippen LogP contribution >= 0.6 is 0 Å². The summed E-state index contributed by atoms with van der Waals surface area (Å²) in [5, 5.41) is 8.30. The van der Waals surface area contributed by atoms with Gasteiger partial charge in [0.2, 0.25) is 0 Å². The average Bonchev–Trinajstić information content (AvgIpc) is 2.78. The maximum atomic E-state index is 12.6. The summed E-state index contributed by atoms with van der Waals surface area (Å²) in [7, 11) is 1.59. The number of aromatic nitrogens is 2. The Hall–Kier alpha value is -3.53. The summed E-state index contributed by atoms with van der Waals surface area (Å²) in [5.74, 6) is 7.42. The minimum absolute atomic E-state index is 0.0896. The molecule has 1 aliphatic rings. The SMILES string of the molecule is COc1cccc(CNC(=O)c2cc(/C(N)=N/N(N)CC3CCC(=O)CC3)nc(C)n2)c1. The summed E-state index contributed by atoms with van der Waals surface area (Å²) in [5.41, 5.74) is 7.49. The Bertz CT molecular complexity index is 999. The molecule has 0 spiro atoms. The normalized spacial score (nSPS) is 14.8. The maximum Gasteiger partial charge on any atom is 0.270 e. The molecule has 0 atom stereocenters. The number of nitrogens with one attached hydrogen (secondary N) is 1. The van der Waals surface area contributed by atoms with Crippen molar-refractivity contribution in [2.75, 3.05) is 13.7 Å². The molecule has 1 saturated carbocycles. The van der Waals surface area contributed by atoms with E-state index in [1.807, 2.05) is 24.3 Å². The van der Waals surface area contributed by atoms with Crippen LogP contribution in [0.1, 0.15) is 53.3 Å². The third-order valence-electron chi connectivity index (χ3n) is 5.26. The number of nitrogens with zero attached hydrogens (tertiary/aromatic N) is 4. The van der Waals surface area contributed by atoms with E-state index in [0.29, 0.717) is 54.9 Å². The van der Waals surface area contributed by atoms with Crippen molar-refractivity contribution in [3.8, 4) is 5.75 Å². The summed E-state index contributed by atoms with van der Waals surface area (Å²) in [6.45, 7) is 2.49. The summed E-state index contributed by atoms with van der Waals surface area (Å²) < 4.78 is 5.20. The van der Waals surface area contributed by atoms with Crippen molar-refractivity contribution in [2.45, 2.75) is 39.2 Å². The van der Waals surface area contributed by atoms with Gasteiger partial charge in [0.1, 0.15) is 28.7 Å². The van der Waals surface area contributed by atoms with Crippen LogP contribution in [0, 0.1) is 12.8 Å². The number of ketones is 1. The number of hydrogen-bond donors (Lipinski definition) is 3. The van der Waals surface area contributed by atoms with Gasteiger partial charge in [0.15, 0.2) is 5.84 Å².